The number of rotatable bonds is 8. The first-order chi connectivity index (χ1) is 17.0. The summed E-state index contributed by atoms with van der Waals surface area (Å²) in [4.78, 5) is 26.9. The molecule has 0 radical (unpaired) electrons. The molecule has 0 saturated heterocycles. The number of ether oxygens (including phenoxy) is 4. The number of dihydropyridines is 1. The van der Waals surface area contributed by atoms with E-state index in [1.165, 1.54) is 0 Å². The number of benzene rings is 2. The minimum atomic E-state index is -0.541. The minimum Gasteiger partial charge on any atom is -0.497 e. The average molecular weight is 478 g/mol. The Morgan fingerprint density at radius 2 is 1.69 bits per heavy atom. The van der Waals surface area contributed by atoms with Crippen molar-refractivity contribution in [3.05, 3.63) is 82.2 Å². The second-order valence-electron chi connectivity index (χ2n) is 8.70. The van der Waals surface area contributed by atoms with Crippen LogP contribution in [0.4, 0.5) is 0 Å². The lowest BCUT2D eigenvalue weighted by molar-refractivity contribution is -0.140. The molecule has 0 saturated carbocycles. The van der Waals surface area contributed by atoms with Gasteiger partial charge in [0.2, 0.25) is 0 Å². The summed E-state index contributed by atoms with van der Waals surface area (Å²) >= 11 is 0. The molecule has 184 valence electrons. The van der Waals surface area contributed by atoms with E-state index in [4.69, 9.17) is 18.9 Å². The molecule has 0 fully saturated rings. The molecule has 2 aromatic rings. The Balaban J connectivity index is 1.74. The summed E-state index contributed by atoms with van der Waals surface area (Å²) in [7, 11) is 4.78. The number of hydrogen-bond acceptors (Lipinski definition) is 7. The zero-order valence-electron chi connectivity index (χ0n) is 20.6. The van der Waals surface area contributed by atoms with Gasteiger partial charge in [0.25, 0.3) is 0 Å². The molecule has 2 aromatic carbocycles. The fraction of sp³-hybridized carbons (Fsp3) is 0.357. The van der Waals surface area contributed by atoms with Gasteiger partial charge in [0.1, 0.15) is 18.1 Å². The third-order valence-electron chi connectivity index (χ3n) is 6.58. The first kappa shape index (κ1) is 24.5. The van der Waals surface area contributed by atoms with Crippen molar-refractivity contribution < 1.29 is 28.5 Å². The zero-order chi connectivity index (χ0) is 24.9. The van der Waals surface area contributed by atoms with Crippen molar-refractivity contribution in [2.45, 2.75) is 31.6 Å². The average Bonchev–Trinajstić information content (AvgIpc) is 2.87. The maximum Gasteiger partial charge on any atom is 0.336 e. The van der Waals surface area contributed by atoms with Gasteiger partial charge in [-0.15, -0.1) is 0 Å². The lowest BCUT2D eigenvalue weighted by atomic mass is 9.71. The Kier molecular flexibility index (Phi) is 7.56. The molecule has 7 nitrogen and oxygen atoms in total. The molecule has 1 N–H and O–H groups in total. The number of allylic oxidation sites excluding steroid dienone is 3. The van der Waals surface area contributed by atoms with Gasteiger partial charge < -0.3 is 24.3 Å². The summed E-state index contributed by atoms with van der Waals surface area (Å²) in [5, 5.41) is 3.37. The van der Waals surface area contributed by atoms with Crippen molar-refractivity contribution in [2.75, 3.05) is 34.5 Å². The standard InChI is InChI=1S/C28H31NO6/c1-17-25(28(31)35-13-12-32-2)26(19-6-5-7-22(14-19)34-4)27-23(29-17)15-20(16-24(27)30)18-8-10-21(33-3)11-9-18/h5-11,14,20,26,29H,12-13,15-16H2,1-4H3/t20-,26-/m0/s1. The van der Waals surface area contributed by atoms with Gasteiger partial charge in [-0.1, -0.05) is 24.3 Å². The summed E-state index contributed by atoms with van der Waals surface area (Å²) in [5.41, 5.74) is 4.48. The number of methoxy groups -OCH3 is 3. The van der Waals surface area contributed by atoms with E-state index in [0.29, 0.717) is 42.0 Å². The van der Waals surface area contributed by atoms with Crippen LogP contribution in [0.3, 0.4) is 0 Å². The number of carbonyl (C=O) groups excluding carboxylic acids is 2. The Labute approximate surface area is 205 Å². The van der Waals surface area contributed by atoms with Crippen molar-refractivity contribution in [3.63, 3.8) is 0 Å². The normalized spacial score (nSPS) is 19.7. The third kappa shape index (κ3) is 5.10. The lowest BCUT2D eigenvalue weighted by Crippen LogP contribution is -2.36. The third-order valence-corrected chi connectivity index (χ3v) is 6.58. The predicted octanol–water partition coefficient (Wildman–Crippen LogP) is 4.26. The topological polar surface area (TPSA) is 83.1 Å². The van der Waals surface area contributed by atoms with Gasteiger partial charge in [0.05, 0.1) is 26.4 Å². The van der Waals surface area contributed by atoms with Gasteiger partial charge >= 0.3 is 5.97 Å². The fourth-order valence-corrected chi connectivity index (χ4v) is 4.87. The largest absolute Gasteiger partial charge is 0.497 e. The molecule has 1 aliphatic carbocycles. The minimum absolute atomic E-state index is 0.0158. The van der Waals surface area contributed by atoms with Crippen LogP contribution in [0.15, 0.2) is 71.1 Å². The van der Waals surface area contributed by atoms with Crippen LogP contribution in [0.1, 0.15) is 42.7 Å². The Bertz CT molecular complexity index is 1160. The van der Waals surface area contributed by atoms with E-state index in [2.05, 4.69) is 5.32 Å². The van der Waals surface area contributed by atoms with Gasteiger partial charge in [-0.05, 0) is 54.7 Å². The van der Waals surface area contributed by atoms with Gasteiger partial charge in [-0.2, -0.15) is 0 Å². The van der Waals surface area contributed by atoms with E-state index >= 15 is 0 Å². The maximum absolute atomic E-state index is 13.7. The lowest BCUT2D eigenvalue weighted by Gasteiger charge is -2.36. The van der Waals surface area contributed by atoms with Crippen molar-refractivity contribution in [2.24, 2.45) is 0 Å². The number of Topliss-reactive ketones (excluding diaryl/α,β-unsaturated/α-hetero) is 1. The van der Waals surface area contributed by atoms with E-state index in [0.717, 1.165) is 22.6 Å². The van der Waals surface area contributed by atoms with Gasteiger partial charge in [-0.25, -0.2) is 4.79 Å². The van der Waals surface area contributed by atoms with Crippen LogP contribution in [0.2, 0.25) is 0 Å². The van der Waals surface area contributed by atoms with Crippen LogP contribution in [-0.4, -0.2) is 46.3 Å². The summed E-state index contributed by atoms with van der Waals surface area (Å²) in [6, 6.07) is 15.3. The van der Waals surface area contributed by atoms with Gasteiger partial charge in [0, 0.05) is 36.4 Å². The van der Waals surface area contributed by atoms with Crippen LogP contribution in [0.5, 0.6) is 11.5 Å². The number of carbonyl (C=O) groups is 2. The first-order valence-electron chi connectivity index (χ1n) is 11.6. The second kappa shape index (κ2) is 10.8. The summed E-state index contributed by atoms with van der Waals surface area (Å²) in [6.07, 6.45) is 1.02. The molecule has 2 atom stereocenters. The van der Waals surface area contributed by atoms with E-state index in [1.807, 2.05) is 55.5 Å². The molecule has 7 heteroatoms. The van der Waals surface area contributed by atoms with Crippen molar-refractivity contribution in [1.29, 1.82) is 0 Å². The summed E-state index contributed by atoms with van der Waals surface area (Å²) in [5.74, 6) is 0.486. The van der Waals surface area contributed by atoms with Crippen molar-refractivity contribution in [1.82, 2.24) is 5.32 Å². The highest BCUT2D eigenvalue weighted by Gasteiger charge is 2.41. The molecule has 1 aliphatic heterocycles. The Morgan fingerprint density at radius 3 is 2.37 bits per heavy atom. The zero-order valence-corrected chi connectivity index (χ0v) is 20.6. The molecular formula is C28H31NO6. The van der Waals surface area contributed by atoms with Crippen molar-refractivity contribution >= 4 is 11.8 Å². The highest BCUT2D eigenvalue weighted by Crippen LogP contribution is 2.46. The number of ketones is 1. The van der Waals surface area contributed by atoms with E-state index in [1.54, 1.807) is 21.3 Å². The van der Waals surface area contributed by atoms with Gasteiger partial charge in [0.15, 0.2) is 5.78 Å². The molecule has 0 bridgehead atoms. The van der Waals surface area contributed by atoms with Crippen molar-refractivity contribution in [3.8, 4) is 11.5 Å². The van der Waals surface area contributed by atoms with Crippen LogP contribution in [0.25, 0.3) is 0 Å². The van der Waals surface area contributed by atoms with Crippen LogP contribution >= 0.6 is 0 Å². The number of esters is 1. The second-order valence-corrected chi connectivity index (χ2v) is 8.70. The Hall–Kier alpha value is -3.58. The monoisotopic (exact) mass is 477 g/mol. The molecular weight excluding hydrogens is 446 g/mol. The molecule has 1 heterocycles. The molecule has 4 rings (SSSR count). The van der Waals surface area contributed by atoms with E-state index < -0.39 is 11.9 Å². The SMILES string of the molecule is COCCOC(=O)C1=C(C)NC2=C(C(=O)C[C@@H](c3ccc(OC)cc3)C2)[C@H]1c1cccc(OC)c1. The fourth-order valence-electron chi connectivity index (χ4n) is 4.87. The quantitative estimate of drug-likeness (QED) is 0.449. The highest BCUT2D eigenvalue weighted by molar-refractivity contribution is 6.04. The first-order valence-corrected chi connectivity index (χ1v) is 11.6. The number of hydrogen-bond donors (Lipinski definition) is 1. The molecule has 35 heavy (non-hydrogen) atoms. The van der Waals surface area contributed by atoms with Crippen LogP contribution in [-0.2, 0) is 19.1 Å². The Morgan fingerprint density at radius 1 is 0.943 bits per heavy atom. The molecule has 0 amide bonds. The molecule has 0 unspecified atom stereocenters. The summed E-state index contributed by atoms with van der Waals surface area (Å²) < 4.78 is 21.2. The number of nitrogens with one attached hydrogen (secondary N) is 1. The predicted molar refractivity (Wildman–Crippen MR) is 131 cm³/mol. The van der Waals surface area contributed by atoms with Gasteiger partial charge in [-0.3, -0.25) is 4.79 Å². The van der Waals surface area contributed by atoms with Crippen LogP contribution in [0, 0.1) is 0 Å². The van der Waals surface area contributed by atoms with E-state index in [9.17, 15) is 9.59 Å². The smallest absolute Gasteiger partial charge is 0.336 e. The molecule has 2 aliphatic rings. The summed E-state index contributed by atoms with van der Waals surface area (Å²) in [6.45, 7) is 2.29. The molecule has 0 spiro atoms. The maximum atomic E-state index is 13.7. The van der Waals surface area contributed by atoms with E-state index in [-0.39, 0.29) is 18.3 Å². The molecule has 0 aromatic heterocycles. The highest BCUT2D eigenvalue weighted by atomic mass is 16.6. The van der Waals surface area contributed by atoms with Crippen LogP contribution < -0.4 is 14.8 Å².